The SMILES string of the molecule is CC(C)(C(=O)O)c1cccc(C2CCCC2)c1. The first kappa shape index (κ1) is 12.2. The van der Waals surface area contributed by atoms with Gasteiger partial charge in [0.25, 0.3) is 0 Å². The van der Waals surface area contributed by atoms with Crippen molar-refractivity contribution in [3.8, 4) is 0 Å². The lowest BCUT2D eigenvalue weighted by atomic mass is 9.82. The fraction of sp³-hybridized carbons (Fsp3) is 0.533. The molecule has 1 fully saturated rings. The minimum Gasteiger partial charge on any atom is -0.481 e. The summed E-state index contributed by atoms with van der Waals surface area (Å²) in [6.07, 6.45) is 5.10. The van der Waals surface area contributed by atoms with Crippen molar-refractivity contribution >= 4 is 5.97 Å². The third kappa shape index (κ3) is 2.36. The number of aliphatic carboxylic acids is 1. The molecule has 17 heavy (non-hydrogen) atoms. The highest BCUT2D eigenvalue weighted by Gasteiger charge is 2.30. The molecule has 2 rings (SSSR count). The fourth-order valence-corrected chi connectivity index (χ4v) is 2.56. The number of carbonyl (C=O) groups is 1. The van der Waals surface area contributed by atoms with Gasteiger partial charge in [0.1, 0.15) is 0 Å². The largest absolute Gasteiger partial charge is 0.481 e. The van der Waals surface area contributed by atoms with Gasteiger partial charge < -0.3 is 5.11 Å². The van der Waals surface area contributed by atoms with Crippen LogP contribution in [0.5, 0.6) is 0 Å². The van der Waals surface area contributed by atoms with E-state index in [4.69, 9.17) is 0 Å². The quantitative estimate of drug-likeness (QED) is 0.862. The first-order valence-electron chi connectivity index (χ1n) is 6.35. The van der Waals surface area contributed by atoms with Crippen LogP contribution < -0.4 is 0 Å². The standard InChI is InChI=1S/C15H20O2/c1-15(2,14(16)17)13-9-5-8-12(10-13)11-6-3-4-7-11/h5,8-11H,3-4,6-7H2,1-2H3,(H,16,17). The molecule has 2 nitrogen and oxygen atoms in total. The zero-order valence-corrected chi connectivity index (χ0v) is 10.6. The van der Waals surface area contributed by atoms with Crippen molar-refractivity contribution in [3.63, 3.8) is 0 Å². The molecule has 0 heterocycles. The van der Waals surface area contributed by atoms with E-state index < -0.39 is 11.4 Å². The Balaban J connectivity index is 2.31. The predicted octanol–water partition coefficient (Wildman–Crippen LogP) is 3.71. The van der Waals surface area contributed by atoms with Gasteiger partial charge in [0.15, 0.2) is 0 Å². The van der Waals surface area contributed by atoms with Gasteiger partial charge in [-0.25, -0.2) is 0 Å². The Labute approximate surface area is 103 Å². The summed E-state index contributed by atoms with van der Waals surface area (Å²) in [5, 5.41) is 9.25. The Morgan fingerprint density at radius 1 is 1.29 bits per heavy atom. The van der Waals surface area contributed by atoms with Crippen molar-refractivity contribution in [2.75, 3.05) is 0 Å². The molecule has 0 radical (unpaired) electrons. The van der Waals surface area contributed by atoms with Crippen LogP contribution in [-0.4, -0.2) is 11.1 Å². The van der Waals surface area contributed by atoms with Crippen LogP contribution in [0.3, 0.4) is 0 Å². The van der Waals surface area contributed by atoms with Crippen LogP contribution in [0.4, 0.5) is 0 Å². The van der Waals surface area contributed by atoms with E-state index in [9.17, 15) is 9.90 Å². The smallest absolute Gasteiger partial charge is 0.313 e. The second-order valence-electron chi connectivity index (χ2n) is 5.54. The van der Waals surface area contributed by atoms with Gasteiger partial charge in [-0.3, -0.25) is 4.79 Å². The van der Waals surface area contributed by atoms with Crippen molar-refractivity contribution in [1.82, 2.24) is 0 Å². The molecule has 92 valence electrons. The molecule has 0 aliphatic heterocycles. The van der Waals surface area contributed by atoms with Crippen LogP contribution in [0, 0.1) is 0 Å². The van der Waals surface area contributed by atoms with Crippen molar-refractivity contribution in [3.05, 3.63) is 35.4 Å². The normalized spacial score (nSPS) is 17.3. The molecule has 0 unspecified atom stereocenters. The van der Waals surface area contributed by atoms with Crippen LogP contribution in [0.25, 0.3) is 0 Å². The van der Waals surface area contributed by atoms with Crippen molar-refractivity contribution in [2.45, 2.75) is 50.9 Å². The summed E-state index contributed by atoms with van der Waals surface area (Å²) in [5.74, 6) is -0.124. The third-order valence-corrected chi connectivity index (χ3v) is 3.97. The summed E-state index contributed by atoms with van der Waals surface area (Å²) in [6, 6.07) is 8.14. The first-order chi connectivity index (χ1) is 8.01. The number of rotatable bonds is 3. The Hall–Kier alpha value is -1.31. The summed E-state index contributed by atoms with van der Waals surface area (Å²) in [5.41, 5.74) is 1.43. The molecule has 1 aromatic rings. The third-order valence-electron chi connectivity index (χ3n) is 3.97. The number of carboxylic acid groups (broad SMARTS) is 1. The maximum atomic E-state index is 11.3. The molecule has 0 saturated heterocycles. The zero-order valence-electron chi connectivity index (χ0n) is 10.6. The molecule has 0 amide bonds. The molecule has 1 aromatic carbocycles. The predicted molar refractivity (Wildman–Crippen MR) is 68.3 cm³/mol. The van der Waals surface area contributed by atoms with Gasteiger partial charge in [0.2, 0.25) is 0 Å². The first-order valence-corrected chi connectivity index (χ1v) is 6.35. The molecule has 1 saturated carbocycles. The summed E-state index contributed by atoms with van der Waals surface area (Å²) < 4.78 is 0. The molecule has 0 aromatic heterocycles. The van der Waals surface area contributed by atoms with Gasteiger partial charge in [-0.1, -0.05) is 37.1 Å². The van der Waals surface area contributed by atoms with E-state index in [-0.39, 0.29) is 0 Å². The molecular weight excluding hydrogens is 212 g/mol. The van der Waals surface area contributed by atoms with Gasteiger partial charge in [-0.05, 0) is 43.7 Å². The molecule has 1 aliphatic carbocycles. The Morgan fingerprint density at radius 3 is 2.53 bits per heavy atom. The Kier molecular flexibility index (Phi) is 3.23. The number of carboxylic acids is 1. The van der Waals surface area contributed by atoms with E-state index in [0.717, 1.165) is 5.56 Å². The zero-order chi connectivity index (χ0) is 12.5. The topological polar surface area (TPSA) is 37.3 Å². The number of hydrogen-bond donors (Lipinski definition) is 1. The average Bonchev–Trinajstić information content (AvgIpc) is 2.82. The Bertz CT molecular complexity index is 415. The van der Waals surface area contributed by atoms with Crippen LogP contribution in [0.15, 0.2) is 24.3 Å². The lowest BCUT2D eigenvalue weighted by Gasteiger charge is -2.21. The van der Waals surface area contributed by atoms with Crippen LogP contribution in [-0.2, 0) is 10.2 Å². The van der Waals surface area contributed by atoms with Crippen molar-refractivity contribution in [2.24, 2.45) is 0 Å². The van der Waals surface area contributed by atoms with E-state index >= 15 is 0 Å². The van der Waals surface area contributed by atoms with Gasteiger partial charge in [-0.15, -0.1) is 0 Å². The van der Waals surface area contributed by atoms with E-state index in [0.29, 0.717) is 5.92 Å². The van der Waals surface area contributed by atoms with Crippen molar-refractivity contribution in [1.29, 1.82) is 0 Å². The van der Waals surface area contributed by atoms with Crippen LogP contribution in [0.2, 0.25) is 0 Å². The number of benzene rings is 1. The van der Waals surface area contributed by atoms with Crippen LogP contribution in [0.1, 0.15) is 56.6 Å². The van der Waals surface area contributed by atoms with Crippen molar-refractivity contribution < 1.29 is 9.90 Å². The summed E-state index contributed by atoms with van der Waals surface area (Å²) in [4.78, 5) is 11.3. The summed E-state index contributed by atoms with van der Waals surface area (Å²) in [7, 11) is 0. The summed E-state index contributed by atoms with van der Waals surface area (Å²) >= 11 is 0. The second kappa shape index (κ2) is 4.52. The maximum Gasteiger partial charge on any atom is 0.313 e. The average molecular weight is 232 g/mol. The summed E-state index contributed by atoms with van der Waals surface area (Å²) in [6.45, 7) is 3.53. The highest BCUT2D eigenvalue weighted by atomic mass is 16.4. The van der Waals surface area contributed by atoms with E-state index in [2.05, 4.69) is 12.1 Å². The minimum absolute atomic E-state index is 0.638. The lowest BCUT2D eigenvalue weighted by Crippen LogP contribution is -2.28. The minimum atomic E-state index is -0.797. The van der Waals surface area contributed by atoms with E-state index in [1.807, 2.05) is 12.1 Å². The molecule has 1 aliphatic rings. The molecule has 1 N–H and O–H groups in total. The monoisotopic (exact) mass is 232 g/mol. The molecule has 0 spiro atoms. The molecule has 2 heteroatoms. The molecule has 0 atom stereocenters. The van der Waals surface area contributed by atoms with E-state index in [1.165, 1.54) is 31.2 Å². The molecule has 0 bridgehead atoms. The fourth-order valence-electron chi connectivity index (χ4n) is 2.56. The number of hydrogen-bond acceptors (Lipinski definition) is 1. The Morgan fingerprint density at radius 2 is 1.94 bits per heavy atom. The van der Waals surface area contributed by atoms with Gasteiger partial charge >= 0.3 is 5.97 Å². The van der Waals surface area contributed by atoms with Gasteiger partial charge in [0, 0.05) is 0 Å². The second-order valence-corrected chi connectivity index (χ2v) is 5.54. The highest BCUT2D eigenvalue weighted by Crippen LogP contribution is 2.35. The van der Waals surface area contributed by atoms with E-state index in [1.54, 1.807) is 13.8 Å². The van der Waals surface area contributed by atoms with Gasteiger partial charge in [-0.2, -0.15) is 0 Å². The molecular formula is C15H20O2. The van der Waals surface area contributed by atoms with Gasteiger partial charge in [0.05, 0.1) is 5.41 Å². The maximum absolute atomic E-state index is 11.3. The van der Waals surface area contributed by atoms with Crippen LogP contribution >= 0.6 is 0 Å². The highest BCUT2D eigenvalue weighted by molar-refractivity contribution is 5.80. The lowest BCUT2D eigenvalue weighted by molar-refractivity contribution is -0.142.